The Hall–Kier alpha value is -1.59. The van der Waals surface area contributed by atoms with Gasteiger partial charge in [-0.05, 0) is 43.4 Å². The van der Waals surface area contributed by atoms with Crippen LogP contribution in [-0.2, 0) is 4.74 Å². The molecule has 2 amide bonds. The molecule has 1 aromatic rings. The van der Waals surface area contributed by atoms with E-state index < -0.39 is 0 Å². The maximum atomic E-state index is 12.7. The third-order valence-electron chi connectivity index (χ3n) is 5.33. The first kappa shape index (κ1) is 17.2. The van der Waals surface area contributed by atoms with Gasteiger partial charge in [-0.25, -0.2) is 4.79 Å². The highest BCUT2D eigenvalue weighted by molar-refractivity contribution is 5.75. The molecule has 0 unspecified atom stereocenters. The summed E-state index contributed by atoms with van der Waals surface area (Å²) in [7, 11) is 0. The average Bonchev–Trinajstić information content (AvgIpc) is 2.49. The number of aryl methyl sites for hydroxylation is 2. The number of nitrogens with zero attached hydrogens (tertiary/aromatic N) is 2. The summed E-state index contributed by atoms with van der Waals surface area (Å²) in [5.74, 6) is 0.475. The molecule has 2 saturated heterocycles. The van der Waals surface area contributed by atoms with Crippen LogP contribution in [0.3, 0.4) is 0 Å². The topological polar surface area (TPSA) is 58.8 Å². The summed E-state index contributed by atoms with van der Waals surface area (Å²) in [4.78, 5) is 16.7. The predicted octanol–water partition coefficient (Wildman–Crippen LogP) is 2.26. The molecule has 24 heavy (non-hydrogen) atoms. The standard InChI is InChI=1S/C19H29N3O2/c1-14-4-5-16(10-15(14)2)17-12-22(13-17)19(23)21-7-3-9-24-18(11-20)6-8-21/h4-5,10,17-18H,3,6-9,11-13,20H2,1-2H3/t18-/m0/s1. The van der Waals surface area contributed by atoms with Crippen LogP contribution in [0, 0.1) is 13.8 Å². The van der Waals surface area contributed by atoms with Crippen molar-refractivity contribution >= 4 is 6.03 Å². The van der Waals surface area contributed by atoms with Crippen molar-refractivity contribution in [2.45, 2.75) is 38.7 Å². The lowest BCUT2D eigenvalue weighted by molar-refractivity contribution is 0.0241. The predicted molar refractivity (Wildman–Crippen MR) is 95.2 cm³/mol. The smallest absolute Gasteiger partial charge is 0.320 e. The molecule has 2 aliphatic rings. The van der Waals surface area contributed by atoms with Crippen molar-refractivity contribution in [3.63, 3.8) is 0 Å². The number of ether oxygens (including phenoxy) is 1. The maximum absolute atomic E-state index is 12.7. The molecule has 2 fully saturated rings. The van der Waals surface area contributed by atoms with Crippen molar-refractivity contribution in [1.82, 2.24) is 9.80 Å². The number of nitrogens with two attached hydrogens (primary N) is 1. The van der Waals surface area contributed by atoms with Crippen molar-refractivity contribution in [1.29, 1.82) is 0 Å². The Morgan fingerprint density at radius 1 is 1.21 bits per heavy atom. The Bertz CT molecular complexity index is 584. The second kappa shape index (κ2) is 7.53. The number of hydrogen-bond acceptors (Lipinski definition) is 3. The highest BCUT2D eigenvalue weighted by atomic mass is 16.5. The Morgan fingerprint density at radius 3 is 2.71 bits per heavy atom. The molecule has 2 N–H and O–H groups in total. The van der Waals surface area contributed by atoms with Gasteiger partial charge in [0.15, 0.2) is 0 Å². The van der Waals surface area contributed by atoms with E-state index in [1.54, 1.807) is 0 Å². The molecular formula is C19H29N3O2. The van der Waals surface area contributed by atoms with Gasteiger partial charge in [-0.2, -0.15) is 0 Å². The summed E-state index contributed by atoms with van der Waals surface area (Å²) < 4.78 is 5.68. The zero-order valence-corrected chi connectivity index (χ0v) is 14.8. The van der Waals surface area contributed by atoms with E-state index in [1.165, 1.54) is 16.7 Å². The number of hydrogen-bond donors (Lipinski definition) is 1. The quantitative estimate of drug-likeness (QED) is 0.904. The summed E-state index contributed by atoms with van der Waals surface area (Å²) in [6.07, 6.45) is 1.80. The minimum absolute atomic E-state index is 0.0836. The van der Waals surface area contributed by atoms with Crippen LogP contribution < -0.4 is 5.73 Å². The molecule has 0 saturated carbocycles. The Morgan fingerprint density at radius 2 is 2.00 bits per heavy atom. The molecule has 2 aliphatic heterocycles. The van der Waals surface area contributed by atoms with Crippen molar-refractivity contribution in [3.8, 4) is 0 Å². The Balaban J connectivity index is 1.54. The Kier molecular flexibility index (Phi) is 5.41. The van der Waals surface area contributed by atoms with Gasteiger partial charge < -0.3 is 20.3 Å². The summed E-state index contributed by atoms with van der Waals surface area (Å²) in [5, 5.41) is 0. The summed E-state index contributed by atoms with van der Waals surface area (Å²) in [5.41, 5.74) is 9.71. The van der Waals surface area contributed by atoms with Gasteiger partial charge in [0.1, 0.15) is 0 Å². The van der Waals surface area contributed by atoms with Gasteiger partial charge in [0.25, 0.3) is 0 Å². The van der Waals surface area contributed by atoms with Crippen LogP contribution >= 0.6 is 0 Å². The molecule has 0 radical (unpaired) electrons. The van der Waals surface area contributed by atoms with Crippen molar-refractivity contribution < 1.29 is 9.53 Å². The van der Waals surface area contributed by atoms with Gasteiger partial charge in [-0.1, -0.05) is 18.2 Å². The van der Waals surface area contributed by atoms with E-state index in [-0.39, 0.29) is 12.1 Å². The lowest BCUT2D eigenvalue weighted by atomic mass is 9.90. The molecule has 3 rings (SSSR count). The van der Waals surface area contributed by atoms with Crippen molar-refractivity contribution in [3.05, 3.63) is 34.9 Å². The second-order valence-corrected chi connectivity index (χ2v) is 7.09. The van der Waals surface area contributed by atoms with Gasteiger partial charge in [0, 0.05) is 45.2 Å². The van der Waals surface area contributed by atoms with E-state index in [0.29, 0.717) is 19.1 Å². The van der Waals surface area contributed by atoms with Gasteiger partial charge >= 0.3 is 6.03 Å². The molecular weight excluding hydrogens is 302 g/mol. The maximum Gasteiger partial charge on any atom is 0.320 e. The van der Waals surface area contributed by atoms with Crippen LogP contribution in [0.15, 0.2) is 18.2 Å². The molecule has 0 spiro atoms. The fourth-order valence-electron chi connectivity index (χ4n) is 3.44. The zero-order chi connectivity index (χ0) is 17.1. The van der Waals surface area contributed by atoms with Crippen LogP contribution in [0.4, 0.5) is 4.79 Å². The van der Waals surface area contributed by atoms with Crippen LogP contribution in [0.5, 0.6) is 0 Å². The zero-order valence-electron chi connectivity index (χ0n) is 14.8. The number of likely N-dealkylation sites (tertiary alicyclic amines) is 1. The van der Waals surface area contributed by atoms with Gasteiger partial charge in [0.2, 0.25) is 0 Å². The second-order valence-electron chi connectivity index (χ2n) is 7.09. The van der Waals surface area contributed by atoms with E-state index in [0.717, 1.165) is 39.0 Å². The summed E-state index contributed by atoms with van der Waals surface area (Å²) in [6, 6.07) is 6.82. The third kappa shape index (κ3) is 3.73. The van der Waals surface area contributed by atoms with Crippen LogP contribution in [0.25, 0.3) is 0 Å². The number of urea groups is 1. The Labute approximate surface area is 144 Å². The highest BCUT2D eigenvalue weighted by Gasteiger charge is 2.34. The fourth-order valence-corrected chi connectivity index (χ4v) is 3.44. The van der Waals surface area contributed by atoms with E-state index in [2.05, 4.69) is 32.0 Å². The molecule has 1 atom stereocenters. The molecule has 5 nitrogen and oxygen atoms in total. The number of carbonyl (C=O) groups excluding carboxylic acids is 1. The molecule has 0 aliphatic carbocycles. The van der Waals surface area contributed by atoms with Crippen LogP contribution in [-0.4, -0.2) is 61.3 Å². The largest absolute Gasteiger partial charge is 0.377 e. The first-order chi connectivity index (χ1) is 11.6. The van der Waals surface area contributed by atoms with E-state index in [9.17, 15) is 4.79 Å². The fraction of sp³-hybridized carbons (Fsp3) is 0.632. The highest BCUT2D eigenvalue weighted by Crippen LogP contribution is 2.29. The van der Waals surface area contributed by atoms with E-state index in [1.807, 2.05) is 9.80 Å². The normalized spacial score (nSPS) is 22.7. The van der Waals surface area contributed by atoms with Gasteiger partial charge in [-0.3, -0.25) is 0 Å². The van der Waals surface area contributed by atoms with Crippen molar-refractivity contribution in [2.75, 3.05) is 39.3 Å². The molecule has 2 heterocycles. The number of amides is 2. The summed E-state index contributed by atoms with van der Waals surface area (Å²) >= 11 is 0. The number of rotatable bonds is 2. The molecule has 0 bridgehead atoms. The third-order valence-corrected chi connectivity index (χ3v) is 5.33. The van der Waals surface area contributed by atoms with E-state index >= 15 is 0 Å². The number of benzene rings is 1. The lowest BCUT2D eigenvalue weighted by Crippen LogP contribution is -2.54. The number of carbonyl (C=O) groups is 1. The van der Waals surface area contributed by atoms with Gasteiger partial charge in [-0.15, -0.1) is 0 Å². The molecule has 132 valence electrons. The first-order valence-electron chi connectivity index (χ1n) is 9.01. The monoisotopic (exact) mass is 331 g/mol. The van der Waals surface area contributed by atoms with Gasteiger partial charge in [0.05, 0.1) is 6.10 Å². The lowest BCUT2D eigenvalue weighted by Gasteiger charge is -2.43. The molecule has 1 aromatic carbocycles. The molecule has 5 heteroatoms. The van der Waals surface area contributed by atoms with E-state index in [4.69, 9.17) is 10.5 Å². The first-order valence-corrected chi connectivity index (χ1v) is 9.01. The SMILES string of the molecule is Cc1ccc(C2CN(C(=O)N3CCCO[C@H](CN)CC3)C2)cc1C. The van der Waals surface area contributed by atoms with Crippen LogP contribution in [0.1, 0.15) is 35.4 Å². The minimum atomic E-state index is 0.0836. The minimum Gasteiger partial charge on any atom is -0.377 e. The summed E-state index contributed by atoms with van der Waals surface area (Å²) in [6.45, 7) is 8.68. The van der Waals surface area contributed by atoms with Crippen LogP contribution in [0.2, 0.25) is 0 Å². The average molecular weight is 331 g/mol. The molecule has 0 aromatic heterocycles. The van der Waals surface area contributed by atoms with Crippen molar-refractivity contribution in [2.24, 2.45) is 5.73 Å².